The zero-order valence-corrected chi connectivity index (χ0v) is 18.4. The summed E-state index contributed by atoms with van der Waals surface area (Å²) < 4.78 is 24.4. The average molecular weight is 478 g/mol. The van der Waals surface area contributed by atoms with Crippen LogP contribution in [-0.4, -0.2) is 23.2 Å². The number of benzene rings is 2. The van der Waals surface area contributed by atoms with Gasteiger partial charge in [0.15, 0.2) is 0 Å². The third-order valence-corrected chi connectivity index (χ3v) is 6.04. The molecular formula is C22H14Cl2FNO4S. The Morgan fingerprint density at radius 2 is 1.94 bits per heavy atom. The van der Waals surface area contributed by atoms with Crippen molar-refractivity contribution in [2.75, 3.05) is 7.11 Å². The molecule has 0 aliphatic carbocycles. The van der Waals surface area contributed by atoms with Crippen molar-refractivity contribution in [3.8, 4) is 17.1 Å². The summed E-state index contributed by atoms with van der Waals surface area (Å²) in [5, 5.41) is 0.225. The summed E-state index contributed by atoms with van der Waals surface area (Å²) >= 11 is 12.9. The van der Waals surface area contributed by atoms with Crippen LogP contribution in [0.25, 0.3) is 17.4 Å². The van der Waals surface area contributed by atoms with Crippen molar-refractivity contribution >= 4 is 52.2 Å². The van der Waals surface area contributed by atoms with Crippen LogP contribution < -0.4 is 4.74 Å². The van der Waals surface area contributed by atoms with Crippen LogP contribution in [0.5, 0.6) is 5.75 Å². The first kappa shape index (κ1) is 21.5. The molecule has 2 aromatic carbocycles. The standard InChI is InChI=1S/C22H14Cl2FNO4S/c1-29-18-6-3-13(23)8-16(18)19-7-5-15(30-19)10-20-21(27)26(22(28)31-20)11-12-2-4-14(25)9-17(12)24/h2-10H,11H2,1H3/b20-10+. The largest absolute Gasteiger partial charge is 0.496 e. The number of nitrogens with zero attached hydrogens (tertiary/aromatic N) is 1. The highest BCUT2D eigenvalue weighted by molar-refractivity contribution is 8.18. The van der Waals surface area contributed by atoms with Crippen LogP contribution in [0.2, 0.25) is 10.0 Å². The second-order valence-corrected chi connectivity index (χ2v) is 8.39. The van der Waals surface area contributed by atoms with Crippen molar-refractivity contribution in [1.82, 2.24) is 4.90 Å². The summed E-state index contributed by atoms with van der Waals surface area (Å²) in [5.74, 6) is 0.508. The van der Waals surface area contributed by atoms with E-state index in [4.69, 9.17) is 32.4 Å². The van der Waals surface area contributed by atoms with Gasteiger partial charge >= 0.3 is 0 Å². The second-order valence-electron chi connectivity index (χ2n) is 6.55. The summed E-state index contributed by atoms with van der Waals surface area (Å²) in [4.78, 5) is 26.4. The number of ether oxygens (including phenoxy) is 1. The lowest BCUT2D eigenvalue weighted by Gasteiger charge is -2.13. The SMILES string of the molecule is COc1ccc(Cl)cc1-c1ccc(/C=C2/SC(=O)N(Cc3ccc(F)cc3Cl)C2=O)o1. The van der Waals surface area contributed by atoms with Gasteiger partial charge in [-0.05, 0) is 59.8 Å². The van der Waals surface area contributed by atoms with Gasteiger partial charge in [-0.2, -0.15) is 0 Å². The van der Waals surface area contributed by atoms with E-state index in [1.165, 1.54) is 18.2 Å². The highest BCUT2D eigenvalue weighted by Gasteiger charge is 2.35. The van der Waals surface area contributed by atoms with Gasteiger partial charge < -0.3 is 9.15 Å². The fourth-order valence-corrected chi connectivity index (χ4v) is 4.25. The molecule has 5 nitrogen and oxygen atoms in total. The lowest BCUT2D eigenvalue weighted by atomic mass is 10.1. The Bertz CT molecular complexity index is 1220. The topological polar surface area (TPSA) is 59.8 Å². The minimum absolute atomic E-state index is 0.0514. The first-order chi connectivity index (χ1) is 14.9. The Hall–Kier alpha value is -2.74. The summed E-state index contributed by atoms with van der Waals surface area (Å²) in [6.07, 6.45) is 1.50. The van der Waals surface area contributed by atoms with Crippen LogP contribution in [0.1, 0.15) is 11.3 Å². The Balaban J connectivity index is 1.57. The Morgan fingerprint density at radius 1 is 1.13 bits per heavy atom. The van der Waals surface area contributed by atoms with E-state index < -0.39 is 17.0 Å². The highest BCUT2D eigenvalue weighted by atomic mass is 35.5. The number of carbonyl (C=O) groups is 2. The van der Waals surface area contributed by atoms with Gasteiger partial charge in [-0.3, -0.25) is 14.5 Å². The number of hydrogen-bond acceptors (Lipinski definition) is 5. The van der Waals surface area contributed by atoms with E-state index in [1.807, 2.05) is 0 Å². The number of amides is 2. The van der Waals surface area contributed by atoms with Crippen LogP contribution >= 0.6 is 35.0 Å². The Labute approximate surface area is 191 Å². The molecule has 0 saturated carbocycles. The van der Waals surface area contributed by atoms with Gasteiger partial charge in [0.1, 0.15) is 23.1 Å². The van der Waals surface area contributed by atoms with Gasteiger partial charge in [-0.1, -0.05) is 29.3 Å². The molecule has 0 spiro atoms. The van der Waals surface area contributed by atoms with E-state index in [0.29, 0.717) is 33.4 Å². The van der Waals surface area contributed by atoms with E-state index >= 15 is 0 Å². The van der Waals surface area contributed by atoms with Crippen molar-refractivity contribution in [3.63, 3.8) is 0 Å². The fraction of sp³-hybridized carbons (Fsp3) is 0.0909. The number of thioether (sulfide) groups is 1. The lowest BCUT2D eigenvalue weighted by molar-refractivity contribution is -0.123. The normalized spacial score (nSPS) is 15.2. The highest BCUT2D eigenvalue weighted by Crippen LogP contribution is 2.37. The van der Waals surface area contributed by atoms with Gasteiger partial charge in [-0.15, -0.1) is 0 Å². The molecule has 1 saturated heterocycles. The van der Waals surface area contributed by atoms with Crippen LogP contribution in [0.4, 0.5) is 9.18 Å². The van der Waals surface area contributed by atoms with E-state index in [-0.39, 0.29) is 16.5 Å². The van der Waals surface area contributed by atoms with Crippen LogP contribution in [0.3, 0.4) is 0 Å². The lowest BCUT2D eigenvalue weighted by Crippen LogP contribution is -2.27. The van der Waals surface area contributed by atoms with Gasteiger partial charge in [0.2, 0.25) is 0 Å². The number of furan rings is 1. The zero-order valence-electron chi connectivity index (χ0n) is 16.0. The van der Waals surface area contributed by atoms with E-state index in [9.17, 15) is 14.0 Å². The molecule has 1 fully saturated rings. The third-order valence-electron chi connectivity index (χ3n) is 4.54. The monoisotopic (exact) mass is 477 g/mol. The predicted octanol–water partition coefficient (Wildman–Crippen LogP) is 6.64. The maximum absolute atomic E-state index is 13.2. The molecule has 0 atom stereocenters. The molecule has 4 rings (SSSR count). The van der Waals surface area contributed by atoms with Gasteiger partial charge in [0, 0.05) is 16.1 Å². The quantitative estimate of drug-likeness (QED) is 0.385. The molecule has 3 aromatic rings. The minimum atomic E-state index is -0.493. The predicted molar refractivity (Wildman–Crippen MR) is 119 cm³/mol. The number of carbonyl (C=O) groups excluding carboxylic acids is 2. The summed E-state index contributed by atoms with van der Waals surface area (Å²) in [6.45, 7) is -0.0514. The maximum atomic E-state index is 13.2. The molecule has 158 valence electrons. The first-order valence-corrected chi connectivity index (χ1v) is 10.6. The Morgan fingerprint density at radius 3 is 2.68 bits per heavy atom. The van der Waals surface area contributed by atoms with E-state index in [2.05, 4.69) is 0 Å². The molecule has 0 N–H and O–H groups in total. The molecule has 31 heavy (non-hydrogen) atoms. The molecule has 0 radical (unpaired) electrons. The van der Waals surface area contributed by atoms with Crippen molar-refractivity contribution in [3.05, 3.63) is 80.6 Å². The van der Waals surface area contributed by atoms with Crippen molar-refractivity contribution < 1.29 is 23.1 Å². The molecular weight excluding hydrogens is 464 g/mol. The number of rotatable bonds is 5. The van der Waals surface area contributed by atoms with Gasteiger partial charge in [0.25, 0.3) is 11.1 Å². The van der Waals surface area contributed by atoms with Crippen molar-refractivity contribution in [1.29, 1.82) is 0 Å². The average Bonchev–Trinajstić information content (AvgIpc) is 3.30. The zero-order chi connectivity index (χ0) is 22.1. The summed E-state index contributed by atoms with van der Waals surface area (Å²) in [6, 6.07) is 12.4. The molecule has 1 aliphatic rings. The minimum Gasteiger partial charge on any atom is -0.496 e. The smallest absolute Gasteiger partial charge is 0.293 e. The molecule has 0 unspecified atom stereocenters. The second kappa shape index (κ2) is 8.78. The van der Waals surface area contributed by atoms with Crippen LogP contribution in [-0.2, 0) is 11.3 Å². The third kappa shape index (κ3) is 4.49. The molecule has 9 heteroatoms. The molecule has 2 heterocycles. The summed E-state index contributed by atoms with van der Waals surface area (Å²) in [7, 11) is 1.54. The van der Waals surface area contributed by atoms with Gasteiger partial charge in [-0.25, -0.2) is 4.39 Å². The number of halogens is 3. The summed E-state index contributed by atoms with van der Waals surface area (Å²) in [5.41, 5.74) is 1.13. The van der Waals surface area contributed by atoms with E-state index in [1.54, 1.807) is 37.4 Å². The molecule has 0 bridgehead atoms. The number of imide groups is 1. The first-order valence-electron chi connectivity index (χ1n) is 8.99. The van der Waals surface area contributed by atoms with Crippen molar-refractivity contribution in [2.24, 2.45) is 0 Å². The number of hydrogen-bond donors (Lipinski definition) is 0. The van der Waals surface area contributed by atoms with Crippen LogP contribution in [0.15, 0.2) is 57.9 Å². The number of methoxy groups -OCH3 is 1. The Kier molecular flexibility index (Phi) is 6.09. The molecule has 1 aliphatic heterocycles. The van der Waals surface area contributed by atoms with Crippen LogP contribution in [0, 0.1) is 5.82 Å². The molecule has 1 aromatic heterocycles. The maximum Gasteiger partial charge on any atom is 0.293 e. The molecule has 2 amide bonds. The fourth-order valence-electron chi connectivity index (χ4n) is 3.03. The van der Waals surface area contributed by atoms with Gasteiger partial charge in [0.05, 0.1) is 24.1 Å². The van der Waals surface area contributed by atoms with E-state index in [0.717, 1.165) is 22.7 Å². The van der Waals surface area contributed by atoms with Crippen molar-refractivity contribution in [2.45, 2.75) is 6.54 Å².